The van der Waals surface area contributed by atoms with Crippen LogP contribution in [0.15, 0.2) is 72.8 Å². The molecule has 0 aliphatic carbocycles. The molecule has 6 heteroatoms. The first-order chi connectivity index (χ1) is 14.0. The van der Waals surface area contributed by atoms with Crippen molar-refractivity contribution in [2.24, 2.45) is 0 Å². The molecule has 0 saturated heterocycles. The molecular weight excluding hydrogens is 396 g/mol. The lowest BCUT2D eigenvalue weighted by molar-refractivity contribution is 0.0624. The van der Waals surface area contributed by atoms with Gasteiger partial charge in [0.2, 0.25) is 0 Å². The van der Waals surface area contributed by atoms with E-state index in [1.807, 2.05) is 35.2 Å². The summed E-state index contributed by atoms with van der Waals surface area (Å²) in [6, 6.07) is 20.1. The van der Waals surface area contributed by atoms with E-state index in [4.69, 9.17) is 16.3 Å². The average molecular weight is 418 g/mol. The van der Waals surface area contributed by atoms with Crippen molar-refractivity contribution >= 4 is 11.6 Å². The second-order valence-corrected chi connectivity index (χ2v) is 7.25. The summed E-state index contributed by atoms with van der Waals surface area (Å²) in [5, 5.41) is 11.1. The highest BCUT2D eigenvalue weighted by molar-refractivity contribution is 6.30. The van der Waals surface area contributed by atoms with Gasteiger partial charge in [-0.1, -0.05) is 48.0 Å². The van der Waals surface area contributed by atoms with E-state index in [1.54, 1.807) is 24.3 Å². The number of benzene rings is 3. The zero-order valence-electron chi connectivity index (χ0n) is 15.8. The molecule has 29 heavy (non-hydrogen) atoms. The van der Waals surface area contributed by atoms with Gasteiger partial charge in [0, 0.05) is 36.3 Å². The van der Waals surface area contributed by atoms with Gasteiger partial charge in [0.25, 0.3) is 0 Å². The number of hydrogen-bond donors (Lipinski definition) is 1. The first-order valence-electron chi connectivity index (χ1n) is 9.26. The highest BCUT2D eigenvalue weighted by atomic mass is 35.5. The number of halogens is 3. The monoisotopic (exact) mass is 417 g/mol. The van der Waals surface area contributed by atoms with Crippen LogP contribution in [0.4, 0.5) is 8.78 Å². The summed E-state index contributed by atoms with van der Waals surface area (Å²) in [6.07, 6.45) is -0.794. The number of ether oxygens (including phenoxy) is 1. The lowest BCUT2D eigenvalue weighted by atomic mass is 10.1. The highest BCUT2D eigenvalue weighted by Crippen LogP contribution is 2.17. The molecule has 0 aromatic heterocycles. The fourth-order valence-electron chi connectivity index (χ4n) is 2.99. The molecule has 0 heterocycles. The summed E-state index contributed by atoms with van der Waals surface area (Å²) in [6.45, 7) is 1.09. The number of nitrogens with zero attached hydrogens (tertiary/aromatic N) is 1. The third kappa shape index (κ3) is 6.82. The molecule has 1 atom stereocenters. The lowest BCUT2D eigenvalue weighted by Crippen LogP contribution is -2.35. The fraction of sp³-hybridized carbons (Fsp3) is 0.217. The molecule has 1 unspecified atom stereocenters. The maximum absolute atomic E-state index is 14.1. The Bertz CT molecular complexity index is 907. The van der Waals surface area contributed by atoms with Crippen molar-refractivity contribution in [2.45, 2.75) is 19.2 Å². The van der Waals surface area contributed by atoms with Gasteiger partial charge in [-0.15, -0.1) is 0 Å². The summed E-state index contributed by atoms with van der Waals surface area (Å²) in [5.41, 5.74) is 1.40. The SMILES string of the molecule is OC(COc1ccc(Cl)cc1)CN(Cc1ccccc1)Cc1ccc(F)cc1F. The molecule has 0 amide bonds. The number of rotatable bonds is 9. The van der Waals surface area contributed by atoms with Crippen molar-refractivity contribution in [3.63, 3.8) is 0 Å². The molecule has 0 aliphatic heterocycles. The molecule has 0 radical (unpaired) electrons. The Hall–Kier alpha value is -2.47. The Morgan fingerprint density at radius 1 is 0.931 bits per heavy atom. The minimum atomic E-state index is -0.794. The zero-order valence-corrected chi connectivity index (χ0v) is 16.5. The molecule has 0 spiro atoms. The smallest absolute Gasteiger partial charge is 0.130 e. The van der Waals surface area contributed by atoms with Crippen LogP contribution in [0.5, 0.6) is 5.75 Å². The van der Waals surface area contributed by atoms with Crippen molar-refractivity contribution in [3.8, 4) is 5.75 Å². The van der Waals surface area contributed by atoms with Crippen molar-refractivity contribution in [2.75, 3.05) is 13.2 Å². The van der Waals surface area contributed by atoms with Gasteiger partial charge in [-0.05, 0) is 35.9 Å². The zero-order chi connectivity index (χ0) is 20.6. The van der Waals surface area contributed by atoms with E-state index in [9.17, 15) is 13.9 Å². The fourth-order valence-corrected chi connectivity index (χ4v) is 3.12. The van der Waals surface area contributed by atoms with Crippen LogP contribution in [0.1, 0.15) is 11.1 Å². The van der Waals surface area contributed by atoms with Crippen LogP contribution < -0.4 is 4.74 Å². The first-order valence-corrected chi connectivity index (χ1v) is 9.64. The summed E-state index contributed by atoms with van der Waals surface area (Å²) in [4.78, 5) is 1.90. The van der Waals surface area contributed by atoms with Crippen LogP contribution in [0.2, 0.25) is 5.02 Å². The summed E-state index contributed by atoms with van der Waals surface area (Å²) < 4.78 is 32.9. The van der Waals surface area contributed by atoms with Gasteiger partial charge in [0.1, 0.15) is 30.1 Å². The molecule has 3 nitrogen and oxygen atoms in total. The molecule has 0 fully saturated rings. The second kappa shape index (κ2) is 10.3. The number of aliphatic hydroxyl groups excluding tert-OH is 1. The second-order valence-electron chi connectivity index (χ2n) is 6.81. The van der Waals surface area contributed by atoms with Gasteiger partial charge in [-0.3, -0.25) is 4.90 Å². The quantitative estimate of drug-likeness (QED) is 0.528. The van der Waals surface area contributed by atoms with Gasteiger partial charge >= 0.3 is 0 Å². The van der Waals surface area contributed by atoms with E-state index < -0.39 is 17.7 Å². The minimum Gasteiger partial charge on any atom is -0.491 e. The number of hydrogen-bond acceptors (Lipinski definition) is 3. The largest absolute Gasteiger partial charge is 0.491 e. The van der Waals surface area contributed by atoms with Crippen LogP contribution in [-0.2, 0) is 13.1 Å². The van der Waals surface area contributed by atoms with Crippen LogP contribution in [0.3, 0.4) is 0 Å². The van der Waals surface area contributed by atoms with Gasteiger partial charge < -0.3 is 9.84 Å². The molecule has 3 aromatic carbocycles. The topological polar surface area (TPSA) is 32.7 Å². The van der Waals surface area contributed by atoms with E-state index in [0.717, 1.165) is 11.6 Å². The average Bonchev–Trinajstić information content (AvgIpc) is 2.70. The Kier molecular flexibility index (Phi) is 7.58. The van der Waals surface area contributed by atoms with Crippen LogP contribution >= 0.6 is 11.6 Å². The Labute approximate surface area is 174 Å². The number of aliphatic hydroxyl groups is 1. The van der Waals surface area contributed by atoms with Crippen molar-refractivity contribution < 1.29 is 18.6 Å². The maximum atomic E-state index is 14.1. The van der Waals surface area contributed by atoms with Crippen molar-refractivity contribution in [1.29, 1.82) is 0 Å². The van der Waals surface area contributed by atoms with Crippen LogP contribution in [0.25, 0.3) is 0 Å². The van der Waals surface area contributed by atoms with E-state index in [2.05, 4.69) is 0 Å². The molecule has 0 bridgehead atoms. The molecule has 3 rings (SSSR count). The van der Waals surface area contributed by atoms with E-state index in [-0.39, 0.29) is 19.7 Å². The minimum absolute atomic E-state index is 0.0822. The van der Waals surface area contributed by atoms with E-state index in [1.165, 1.54) is 12.1 Å². The normalized spacial score (nSPS) is 12.2. The molecule has 0 aliphatic rings. The molecular formula is C23H22ClF2NO2. The van der Waals surface area contributed by atoms with Gasteiger partial charge in [-0.2, -0.15) is 0 Å². The summed E-state index contributed by atoms with van der Waals surface area (Å²) >= 11 is 5.85. The first kappa shape index (κ1) is 21.2. The summed E-state index contributed by atoms with van der Waals surface area (Å²) in [7, 11) is 0. The third-order valence-corrected chi connectivity index (χ3v) is 4.64. The van der Waals surface area contributed by atoms with Gasteiger partial charge in [0.15, 0.2) is 0 Å². The maximum Gasteiger partial charge on any atom is 0.130 e. The van der Waals surface area contributed by atoms with E-state index in [0.29, 0.717) is 22.9 Å². The molecule has 152 valence electrons. The van der Waals surface area contributed by atoms with Gasteiger partial charge in [-0.25, -0.2) is 8.78 Å². The molecule has 3 aromatic rings. The molecule has 1 N–H and O–H groups in total. The third-order valence-electron chi connectivity index (χ3n) is 4.38. The summed E-state index contributed by atoms with van der Waals surface area (Å²) in [5.74, 6) is -0.611. The Morgan fingerprint density at radius 3 is 2.34 bits per heavy atom. The standard InChI is InChI=1S/C23H22ClF2NO2/c24-19-7-10-22(11-8-19)29-16-21(28)15-27(13-17-4-2-1-3-5-17)14-18-6-9-20(25)12-23(18)26/h1-12,21,28H,13-16H2. The lowest BCUT2D eigenvalue weighted by Gasteiger charge is -2.25. The van der Waals surface area contributed by atoms with E-state index >= 15 is 0 Å². The van der Waals surface area contributed by atoms with Crippen molar-refractivity contribution in [1.82, 2.24) is 4.90 Å². The molecule has 0 saturated carbocycles. The van der Waals surface area contributed by atoms with Crippen LogP contribution in [-0.4, -0.2) is 29.3 Å². The van der Waals surface area contributed by atoms with Crippen LogP contribution in [0, 0.1) is 11.6 Å². The van der Waals surface area contributed by atoms with Gasteiger partial charge in [0.05, 0.1) is 0 Å². The predicted molar refractivity (Wildman–Crippen MR) is 110 cm³/mol. The highest BCUT2D eigenvalue weighted by Gasteiger charge is 2.16. The Balaban J connectivity index is 1.65. The Morgan fingerprint density at radius 2 is 1.66 bits per heavy atom. The predicted octanol–water partition coefficient (Wildman–Crippen LogP) is 5.06. The van der Waals surface area contributed by atoms with Crippen molar-refractivity contribution in [3.05, 3.63) is 101 Å².